The monoisotopic (exact) mass is 350 g/mol. The van der Waals surface area contributed by atoms with Crippen LogP contribution in [-0.4, -0.2) is 30.2 Å². The summed E-state index contributed by atoms with van der Waals surface area (Å²) in [5.74, 6) is -0.0781. The van der Waals surface area contributed by atoms with E-state index in [-0.39, 0.29) is 23.9 Å². The Morgan fingerprint density at radius 2 is 2.12 bits per heavy atom. The van der Waals surface area contributed by atoms with Gasteiger partial charge in [-0.2, -0.15) is 0 Å². The molecule has 0 spiro atoms. The Bertz CT molecular complexity index is 590. The van der Waals surface area contributed by atoms with Crippen LogP contribution in [0.3, 0.4) is 0 Å². The second-order valence-corrected chi connectivity index (χ2v) is 5.26. The Kier molecular flexibility index (Phi) is 9.14. The largest absolute Gasteiger partial charge is 0.489 e. The summed E-state index contributed by atoms with van der Waals surface area (Å²) in [5, 5.41) is 5.56. The summed E-state index contributed by atoms with van der Waals surface area (Å²) in [7, 11) is 0. The van der Waals surface area contributed by atoms with E-state index in [1.54, 1.807) is 30.3 Å². The van der Waals surface area contributed by atoms with Crippen LogP contribution < -0.4 is 15.4 Å². The first-order chi connectivity index (χ1) is 11.5. The molecule has 1 rings (SSSR count). The summed E-state index contributed by atoms with van der Waals surface area (Å²) in [6.07, 6.45) is 2.45. The first-order valence-corrected chi connectivity index (χ1v) is 8.06. The third kappa shape index (κ3) is 8.28. The summed E-state index contributed by atoms with van der Waals surface area (Å²) in [5.41, 5.74) is 0.684. The smallest absolute Gasteiger partial charge is 0.306 e. The second-order valence-electron chi connectivity index (χ2n) is 4.85. The average molecular weight is 350 g/mol. The van der Waals surface area contributed by atoms with Crippen LogP contribution >= 0.6 is 12.2 Å². The van der Waals surface area contributed by atoms with Crippen molar-refractivity contribution in [1.29, 1.82) is 0 Å². The number of amides is 1. The van der Waals surface area contributed by atoms with Gasteiger partial charge in [-0.3, -0.25) is 9.59 Å². The Morgan fingerprint density at radius 1 is 1.33 bits per heavy atom. The molecule has 0 aliphatic carbocycles. The molecule has 6 nitrogen and oxygen atoms in total. The third-order valence-corrected chi connectivity index (χ3v) is 2.94. The zero-order valence-corrected chi connectivity index (χ0v) is 14.5. The lowest BCUT2D eigenvalue weighted by Crippen LogP contribution is -2.34. The number of hydrogen-bond donors (Lipinski definition) is 2. The van der Waals surface area contributed by atoms with Crippen LogP contribution in [0.2, 0.25) is 0 Å². The molecule has 1 aromatic rings. The highest BCUT2D eigenvalue weighted by molar-refractivity contribution is 7.80. The molecular formula is C17H22N2O4S. The Balaban J connectivity index is 2.38. The minimum absolute atomic E-state index is 0.0207. The predicted octanol–water partition coefficient (Wildman–Crippen LogP) is 2.80. The van der Waals surface area contributed by atoms with Gasteiger partial charge in [-0.15, -0.1) is 0 Å². The Labute approximate surface area is 147 Å². The topological polar surface area (TPSA) is 76.7 Å². The fourth-order valence-corrected chi connectivity index (χ4v) is 1.91. The number of benzene rings is 1. The van der Waals surface area contributed by atoms with Crippen LogP contribution in [0, 0.1) is 0 Å². The van der Waals surface area contributed by atoms with E-state index in [0.29, 0.717) is 24.7 Å². The standard InChI is InChI=1S/C17H22N2O4S/c1-3-10-22-14-7-5-6-13(12-14)18-17(24)19-15(20)8-9-16(21)23-11-4-2/h3,5-7,12H,1,4,8-11H2,2H3,(H2,18,19,20,24). The molecule has 0 unspecified atom stereocenters. The summed E-state index contributed by atoms with van der Waals surface area (Å²) in [4.78, 5) is 23.1. The summed E-state index contributed by atoms with van der Waals surface area (Å²) in [6.45, 7) is 6.26. The van der Waals surface area contributed by atoms with E-state index in [1.165, 1.54) is 0 Å². The molecule has 0 radical (unpaired) electrons. The Hall–Kier alpha value is -2.41. The normalized spacial score (nSPS) is 9.71. The molecule has 0 aliphatic rings. The molecule has 24 heavy (non-hydrogen) atoms. The maximum Gasteiger partial charge on any atom is 0.306 e. The zero-order chi connectivity index (χ0) is 17.8. The predicted molar refractivity (Wildman–Crippen MR) is 97.0 cm³/mol. The van der Waals surface area contributed by atoms with Gasteiger partial charge in [-0.1, -0.05) is 25.6 Å². The van der Waals surface area contributed by atoms with Gasteiger partial charge < -0.3 is 20.1 Å². The molecule has 130 valence electrons. The van der Waals surface area contributed by atoms with Gasteiger partial charge in [0.25, 0.3) is 0 Å². The highest BCUT2D eigenvalue weighted by Gasteiger charge is 2.09. The van der Waals surface area contributed by atoms with E-state index < -0.39 is 5.97 Å². The first-order valence-electron chi connectivity index (χ1n) is 7.65. The summed E-state index contributed by atoms with van der Waals surface area (Å²) >= 11 is 5.08. The molecule has 0 heterocycles. The molecule has 0 fully saturated rings. The van der Waals surface area contributed by atoms with Crippen molar-refractivity contribution < 1.29 is 19.1 Å². The molecule has 0 saturated carbocycles. The number of carbonyl (C=O) groups is 2. The van der Waals surface area contributed by atoms with Crippen LogP contribution in [-0.2, 0) is 14.3 Å². The maximum absolute atomic E-state index is 11.7. The molecule has 2 N–H and O–H groups in total. The van der Waals surface area contributed by atoms with Gasteiger partial charge in [0.1, 0.15) is 12.4 Å². The molecule has 0 bridgehead atoms. The SMILES string of the molecule is C=CCOc1cccc(NC(=S)NC(=O)CCC(=O)OCCC)c1. The average Bonchev–Trinajstić information content (AvgIpc) is 2.56. The number of nitrogens with one attached hydrogen (secondary N) is 2. The van der Waals surface area contributed by atoms with Gasteiger partial charge >= 0.3 is 5.97 Å². The molecule has 0 aromatic heterocycles. The molecule has 1 amide bonds. The number of anilines is 1. The number of rotatable bonds is 9. The van der Waals surface area contributed by atoms with Crippen molar-refractivity contribution in [3.63, 3.8) is 0 Å². The number of thiocarbonyl (C=S) groups is 1. The molecule has 0 saturated heterocycles. The van der Waals surface area contributed by atoms with Gasteiger partial charge in [-0.25, -0.2) is 0 Å². The Morgan fingerprint density at radius 3 is 2.83 bits per heavy atom. The molecule has 0 aliphatic heterocycles. The van der Waals surface area contributed by atoms with E-state index in [9.17, 15) is 9.59 Å². The van der Waals surface area contributed by atoms with Crippen LogP contribution in [0.15, 0.2) is 36.9 Å². The highest BCUT2D eigenvalue weighted by atomic mass is 32.1. The lowest BCUT2D eigenvalue weighted by Gasteiger charge is -2.11. The summed E-state index contributed by atoms with van der Waals surface area (Å²) in [6, 6.07) is 7.15. The van der Waals surface area contributed by atoms with E-state index in [1.807, 2.05) is 6.92 Å². The van der Waals surface area contributed by atoms with Crippen LogP contribution in [0.1, 0.15) is 26.2 Å². The zero-order valence-electron chi connectivity index (χ0n) is 13.7. The van der Waals surface area contributed by atoms with Gasteiger partial charge in [0, 0.05) is 18.2 Å². The number of ether oxygens (including phenoxy) is 2. The molecule has 1 aromatic carbocycles. The lowest BCUT2D eigenvalue weighted by atomic mass is 10.3. The number of carbonyl (C=O) groups excluding carboxylic acids is 2. The van der Waals surface area contributed by atoms with Gasteiger partial charge in [0.2, 0.25) is 5.91 Å². The van der Waals surface area contributed by atoms with Crippen LogP contribution in [0.4, 0.5) is 5.69 Å². The van der Waals surface area contributed by atoms with Gasteiger partial charge in [0.05, 0.1) is 13.0 Å². The van der Waals surface area contributed by atoms with Crippen LogP contribution in [0.25, 0.3) is 0 Å². The summed E-state index contributed by atoms with van der Waals surface area (Å²) < 4.78 is 10.3. The van der Waals surface area contributed by atoms with Crippen molar-refractivity contribution in [2.75, 3.05) is 18.5 Å². The highest BCUT2D eigenvalue weighted by Crippen LogP contribution is 2.17. The minimum atomic E-state index is -0.391. The molecule has 7 heteroatoms. The van der Waals surface area contributed by atoms with E-state index in [4.69, 9.17) is 21.7 Å². The van der Waals surface area contributed by atoms with Crippen molar-refractivity contribution in [2.45, 2.75) is 26.2 Å². The molecule has 0 atom stereocenters. The number of hydrogen-bond acceptors (Lipinski definition) is 5. The fourth-order valence-electron chi connectivity index (χ4n) is 1.67. The van der Waals surface area contributed by atoms with Crippen molar-refractivity contribution >= 4 is 34.9 Å². The van der Waals surface area contributed by atoms with Crippen LogP contribution in [0.5, 0.6) is 5.75 Å². The van der Waals surface area contributed by atoms with Crippen molar-refractivity contribution in [3.8, 4) is 5.75 Å². The van der Waals surface area contributed by atoms with Gasteiger partial charge in [-0.05, 0) is 30.8 Å². The second kappa shape index (κ2) is 11.2. The van der Waals surface area contributed by atoms with Crippen molar-refractivity contribution in [2.24, 2.45) is 0 Å². The van der Waals surface area contributed by atoms with E-state index in [0.717, 1.165) is 6.42 Å². The minimum Gasteiger partial charge on any atom is -0.489 e. The van der Waals surface area contributed by atoms with Crippen molar-refractivity contribution in [1.82, 2.24) is 5.32 Å². The van der Waals surface area contributed by atoms with E-state index in [2.05, 4.69) is 17.2 Å². The quantitative estimate of drug-likeness (QED) is 0.405. The first kappa shape index (κ1) is 19.6. The number of esters is 1. The maximum atomic E-state index is 11.7. The lowest BCUT2D eigenvalue weighted by molar-refractivity contribution is -0.144. The fraction of sp³-hybridized carbons (Fsp3) is 0.353. The van der Waals surface area contributed by atoms with Gasteiger partial charge in [0.15, 0.2) is 5.11 Å². The van der Waals surface area contributed by atoms with E-state index >= 15 is 0 Å². The van der Waals surface area contributed by atoms with Crippen molar-refractivity contribution in [3.05, 3.63) is 36.9 Å². The molecular weight excluding hydrogens is 328 g/mol. The third-order valence-electron chi connectivity index (χ3n) is 2.74.